The average molecular weight is 495 g/mol. The van der Waals surface area contributed by atoms with Crippen LogP contribution in [0.2, 0.25) is 0 Å². The quantitative estimate of drug-likeness (QED) is 0.635. The Balaban J connectivity index is 1.55. The molecule has 0 bridgehead atoms. The minimum atomic E-state index is -0.946. The van der Waals surface area contributed by atoms with Crippen LogP contribution < -0.4 is 10.1 Å². The summed E-state index contributed by atoms with van der Waals surface area (Å²) in [4.78, 5) is 47.4. The molecule has 1 aromatic heterocycles. The second-order valence-electron chi connectivity index (χ2n) is 9.69. The first-order valence-corrected chi connectivity index (χ1v) is 12.4. The molecule has 3 heterocycles. The van der Waals surface area contributed by atoms with E-state index in [4.69, 9.17) is 9.47 Å². The Bertz CT molecular complexity index is 1070. The van der Waals surface area contributed by atoms with Gasteiger partial charge < -0.3 is 19.7 Å². The molecular weight excluding hydrogens is 460 g/mol. The Kier molecular flexibility index (Phi) is 7.88. The van der Waals surface area contributed by atoms with Crippen LogP contribution in [0.25, 0.3) is 0 Å². The van der Waals surface area contributed by atoms with Crippen molar-refractivity contribution in [3.05, 3.63) is 59.9 Å². The number of carbonyl (C=O) groups excluding carboxylic acids is 3. The zero-order chi connectivity index (χ0) is 25.7. The third-order valence-electron chi connectivity index (χ3n) is 6.77. The van der Waals surface area contributed by atoms with E-state index in [2.05, 4.69) is 10.3 Å². The molecule has 1 aromatic carbocycles. The number of hydrogen-bond acceptors (Lipinski definition) is 6. The Morgan fingerprint density at radius 3 is 2.47 bits per heavy atom. The number of aromatic nitrogens is 1. The topological polar surface area (TPSA) is 101 Å². The molecule has 2 fully saturated rings. The molecule has 36 heavy (non-hydrogen) atoms. The van der Waals surface area contributed by atoms with Gasteiger partial charge in [-0.15, -0.1) is 0 Å². The monoisotopic (exact) mass is 494 g/mol. The lowest BCUT2D eigenvalue weighted by Crippen LogP contribution is -2.59. The number of likely N-dealkylation sites (tertiary alicyclic amines) is 1. The SMILES string of the molecule is COc1ccc(C(=O)N2C(C(=O)NCc3ccccn3)COC23CCN(C(=O)CC(C)C)CC3)cc1. The highest BCUT2D eigenvalue weighted by atomic mass is 16.5. The highest BCUT2D eigenvalue weighted by Gasteiger charge is 2.54. The number of methoxy groups -OCH3 is 1. The van der Waals surface area contributed by atoms with Gasteiger partial charge in [-0.05, 0) is 42.3 Å². The average Bonchev–Trinajstić information content (AvgIpc) is 3.26. The van der Waals surface area contributed by atoms with E-state index in [1.165, 1.54) is 0 Å². The predicted octanol–water partition coefficient (Wildman–Crippen LogP) is 2.61. The van der Waals surface area contributed by atoms with Gasteiger partial charge in [0.1, 0.15) is 17.5 Å². The summed E-state index contributed by atoms with van der Waals surface area (Å²) in [7, 11) is 1.57. The molecule has 2 aliphatic rings. The van der Waals surface area contributed by atoms with Crippen LogP contribution in [-0.4, -0.2) is 71.1 Å². The van der Waals surface area contributed by atoms with E-state index in [0.717, 1.165) is 5.69 Å². The number of amides is 3. The lowest BCUT2D eigenvalue weighted by atomic mass is 9.96. The summed E-state index contributed by atoms with van der Waals surface area (Å²) in [5.74, 6) is 0.445. The molecule has 0 saturated carbocycles. The zero-order valence-corrected chi connectivity index (χ0v) is 21.1. The van der Waals surface area contributed by atoms with Crippen molar-refractivity contribution in [2.24, 2.45) is 5.92 Å². The summed E-state index contributed by atoms with van der Waals surface area (Å²) in [5, 5.41) is 2.91. The van der Waals surface area contributed by atoms with Gasteiger partial charge in [0.15, 0.2) is 0 Å². The highest BCUT2D eigenvalue weighted by Crippen LogP contribution is 2.39. The first-order valence-electron chi connectivity index (χ1n) is 12.4. The normalized spacial score (nSPS) is 18.9. The molecular formula is C27H34N4O5. The number of hydrogen-bond donors (Lipinski definition) is 1. The van der Waals surface area contributed by atoms with Gasteiger partial charge in [0, 0.05) is 44.1 Å². The van der Waals surface area contributed by atoms with Gasteiger partial charge in [0.05, 0.1) is 26.0 Å². The van der Waals surface area contributed by atoms with Crippen LogP contribution in [0, 0.1) is 5.92 Å². The second kappa shape index (κ2) is 11.1. The minimum absolute atomic E-state index is 0.0931. The summed E-state index contributed by atoms with van der Waals surface area (Å²) in [6.45, 7) is 5.33. The summed E-state index contributed by atoms with van der Waals surface area (Å²) in [6.07, 6.45) is 3.05. The molecule has 2 aromatic rings. The van der Waals surface area contributed by atoms with Gasteiger partial charge >= 0.3 is 0 Å². The second-order valence-corrected chi connectivity index (χ2v) is 9.69. The van der Waals surface area contributed by atoms with Crippen LogP contribution in [0.5, 0.6) is 5.75 Å². The van der Waals surface area contributed by atoms with Crippen molar-refractivity contribution in [2.45, 2.75) is 51.4 Å². The lowest BCUT2D eigenvalue weighted by molar-refractivity contribution is -0.144. The summed E-state index contributed by atoms with van der Waals surface area (Å²) in [6, 6.07) is 11.5. The van der Waals surface area contributed by atoms with Gasteiger partial charge in [0.2, 0.25) is 11.8 Å². The molecule has 1 spiro atoms. The molecule has 9 nitrogen and oxygen atoms in total. The molecule has 3 amide bonds. The molecule has 192 valence electrons. The molecule has 1 atom stereocenters. The number of nitrogens with one attached hydrogen (secondary N) is 1. The third-order valence-corrected chi connectivity index (χ3v) is 6.77. The number of pyridine rings is 1. The van der Waals surface area contributed by atoms with E-state index >= 15 is 0 Å². The van der Waals surface area contributed by atoms with E-state index in [-0.39, 0.29) is 36.8 Å². The smallest absolute Gasteiger partial charge is 0.256 e. The van der Waals surface area contributed by atoms with Crippen molar-refractivity contribution in [1.82, 2.24) is 20.1 Å². The van der Waals surface area contributed by atoms with Gasteiger partial charge in [-0.3, -0.25) is 24.3 Å². The fourth-order valence-electron chi connectivity index (χ4n) is 4.82. The van der Waals surface area contributed by atoms with E-state index in [1.54, 1.807) is 42.5 Å². The van der Waals surface area contributed by atoms with Crippen molar-refractivity contribution < 1.29 is 23.9 Å². The van der Waals surface area contributed by atoms with Crippen molar-refractivity contribution in [1.29, 1.82) is 0 Å². The van der Waals surface area contributed by atoms with Gasteiger partial charge in [-0.2, -0.15) is 0 Å². The Hall–Kier alpha value is -3.46. The fourth-order valence-corrected chi connectivity index (χ4v) is 4.82. The maximum absolute atomic E-state index is 13.8. The molecule has 2 saturated heterocycles. The van der Waals surface area contributed by atoms with E-state index in [9.17, 15) is 14.4 Å². The number of piperidine rings is 1. The maximum Gasteiger partial charge on any atom is 0.256 e. The van der Waals surface area contributed by atoms with Crippen LogP contribution in [-0.2, 0) is 20.9 Å². The molecule has 1 N–H and O–H groups in total. The van der Waals surface area contributed by atoms with Crippen LogP contribution in [0.3, 0.4) is 0 Å². The molecule has 1 unspecified atom stereocenters. The summed E-state index contributed by atoms with van der Waals surface area (Å²) < 4.78 is 11.5. The highest BCUT2D eigenvalue weighted by molar-refractivity contribution is 5.98. The van der Waals surface area contributed by atoms with Gasteiger partial charge in [-0.25, -0.2) is 0 Å². The molecule has 9 heteroatoms. The van der Waals surface area contributed by atoms with Crippen LogP contribution in [0.15, 0.2) is 48.7 Å². The predicted molar refractivity (Wildman–Crippen MR) is 133 cm³/mol. The van der Waals surface area contributed by atoms with E-state index in [0.29, 0.717) is 43.7 Å². The van der Waals surface area contributed by atoms with Crippen LogP contribution in [0.1, 0.15) is 49.2 Å². The fraction of sp³-hybridized carbons (Fsp3) is 0.481. The zero-order valence-electron chi connectivity index (χ0n) is 21.1. The molecule has 0 radical (unpaired) electrons. The molecule has 2 aliphatic heterocycles. The number of benzene rings is 1. The summed E-state index contributed by atoms with van der Waals surface area (Å²) in [5.41, 5.74) is 0.226. The van der Waals surface area contributed by atoms with Gasteiger partial charge in [0.25, 0.3) is 5.91 Å². The number of carbonyl (C=O) groups is 3. The molecule has 0 aliphatic carbocycles. The van der Waals surface area contributed by atoms with Gasteiger partial charge in [-0.1, -0.05) is 19.9 Å². The largest absolute Gasteiger partial charge is 0.497 e. The molecule has 4 rings (SSSR count). The Labute approximate surface area is 211 Å². The van der Waals surface area contributed by atoms with Crippen molar-refractivity contribution >= 4 is 17.7 Å². The number of rotatable bonds is 7. The van der Waals surface area contributed by atoms with Crippen molar-refractivity contribution in [3.8, 4) is 5.75 Å². The standard InChI is InChI=1S/C27H34N4O5/c1-19(2)16-24(32)30-14-11-27(12-15-30)31(26(34)20-7-9-22(35-3)10-8-20)23(18-36-27)25(33)29-17-21-6-4-5-13-28-21/h4-10,13,19,23H,11-12,14-18H2,1-3H3,(H,29,33). The number of nitrogens with zero attached hydrogens (tertiary/aromatic N) is 3. The Morgan fingerprint density at radius 1 is 1.14 bits per heavy atom. The van der Waals surface area contributed by atoms with Crippen molar-refractivity contribution in [2.75, 3.05) is 26.8 Å². The third kappa shape index (κ3) is 5.51. The first kappa shape index (κ1) is 25.6. The van der Waals surface area contributed by atoms with Crippen molar-refractivity contribution in [3.63, 3.8) is 0 Å². The first-order chi connectivity index (χ1) is 17.3. The van der Waals surface area contributed by atoms with E-state index < -0.39 is 11.8 Å². The van der Waals surface area contributed by atoms with Crippen LogP contribution >= 0.6 is 0 Å². The lowest BCUT2D eigenvalue weighted by Gasteiger charge is -2.44. The summed E-state index contributed by atoms with van der Waals surface area (Å²) >= 11 is 0. The minimum Gasteiger partial charge on any atom is -0.497 e. The number of ether oxygens (including phenoxy) is 2. The Morgan fingerprint density at radius 2 is 1.86 bits per heavy atom. The maximum atomic E-state index is 13.8. The van der Waals surface area contributed by atoms with Crippen LogP contribution in [0.4, 0.5) is 0 Å². The van der Waals surface area contributed by atoms with E-state index in [1.807, 2.05) is 36.9 Å².